The zero-order chi connectivity index (χ0) is 18.8. The zero-order valence-electron chi connectivity index (χ0n) is 16.0. The molecule has 1 aliphatic rings. The van der Waals surface area contributed by atoms with Crippen LogP contribution in [0, 0.1) is 5.92 Å². The first-order valence-electron chi connectivity index (χ1n) is 9.15. The Hall–Kier alpha value is -2.27. The molecule has 0 bridgehead atoms. The first-order chi connectivity index (χ1) is 12.6. The molecule has 6 heteroatoms. The highest BCUT2D eigenvalue weighted by molar-refractivity contribution is 6.09. The molecule has 0 saturated heterocycles. The number of benzene rings is 1. The summed E-state index contributed by atoms with van der Waals surface area (Å²) in [5, 5.41) is 13.3. The average molecular weight is 393 g/mol. The van der Waals surface area contributed by atoms with E-state index in [4.69, 9.17) is 4.84 Å². The van der Waals surface area contributed by atoms with Crippen LogP contribution in [0.5, 0.6) is 0 Å². The molecule has 0 spiro atoms. The van der Waals surface area contributed by atoms with Crippen molar-refractivity contribution in [2.45, 2.75) is 39.2 Å². The van der Waals surface area contributed by atoms with Crippen molar-refractivity contribution in [3.05, 3.63) is 54.1 Å². The minimum Gasteiger partial charge on any atom is -0.465 e. The second-order valence-corrected chi connectivity index (χ2v) is 6.77. The maximum absolute atomic E-state index is 11.2. The van der Waals surface area contributed by atoms with Gasteiger partial charge in [0.1, 0.15) is 6.61 Å². The van der Waals surface area contributed by atoms with Crippen LogP contribution in [0.1, 0.15) is 38.7 Å². The molecule has 0 radical (unpaired) electrons. The molecule has 1 N–H and O–H groups in total. The summed E-state index contributed by atoms with van der Waals surface area (Å²) in [5.74, 6) is 0.572. The van der Waals surface area contributed by atoms with Crippen molar-refractivity contribution in [2.24, 2.45) is 11.1 Å². The van der Waals surface area contributed by atoms with Crippen LogP contribution in [-0.2, 0) is 4.84 Å². The molecule has 1 heterocycles. The molecule has 27 heavy (non-hydrogen) atoms. The fraction of sp³-hybridized carbons (Fsp3) is 0.429. The predicted molar refractivity (Wildman–Crippen MR) is 112 cm³/mol. The topological polar surface area (TPSA) is 62.1 Å². The van der Waals surface area contributed by atoms with Gasteiger partial charge in [0.15, 0.2) is 0 Å². The first-order valence-corrected chi connectivity index (χ1v) is 9.15. The molecule has 1 aliphatic heterocycles. The highest BCUT2D eigenvalue weighted by atomic mass is 35.5. The molecule has 0 saturated carbocycles. The lowest BCUT2D eigenvalue weighted by Crippen LogP contribution is -2.41. The lowest BCUT2D eigenvalue weighted by atomic mass is 10.0. The third-order valence-corrected chi connectivity index (χ3v) is 4.23. The number of oxime groups is 1. The SMILES string of the molecule is CC(C)CC=C(C=NOCCC1C=CCCN1C(=O)O)c1ccccc1.Cl. The van der Waals surface area contributed by atoms with Crippen LogP contribution >= 0.6 is 12.4 Å². The summed E-state index contributed by atoms with van der Waals surface area (Å²) in [6, 6.07) is 9.96. The number of allylic oxidation sites excluding steroid dienone is 2. The van der Waals surface area contributed by atoms with E-state index in [-0.39, 0.29) is 18.4 Å². The molecule has 148 valence electrons. The minimum atomic E-state index is -0.883. The van der Waals surface area contributed by atoms with E-state index < -0.39 is 6.09 Å². The van der Waals surface area contributed by atoms with Crippen molar-refractivity contribution < 1.29 is 14.7 Å². The highest BCUT2D eigenvalue weighted by Gasteiger charge is 2.22. The molecule has 1 aromatic carbocycles. The summed E-state index contributed by atoms with van der Waals surface area (Å²) in [6.45, 7) is 5.27. The third kappa shape index (κ3) is 7.87. The second kappa shape index (κ2) is 12.2. The Bertz CT molecular complexity index is 657. The van der Waals surface area contributed by atoms with Gasteiger partial charge in [-0.3, -0.25) is 0 Å². The monoisotopic (exact) mass is 392 g/mol. The first kappa shape index (κ1) is 22.8. The van der Waals surface area contributed by atoms with Gasteiger partial charge in [-0.25, -0.2) is 4.79 Å². The quantitative estimate of drug-likeness (QED) is 0.285. The fourth-order valence-electron chi connectivity index (χ4n) is 2.78. The molecule has 1 unspecified atom stereocenters. The number of halogens is 1. The third-order valence-electron chi connectivity index (χ3n) is 4.23. The maximum Gasteiger partial charge on any atom is 0.407 e. The van der Waals surface area contributed by atoms with E-state index in [1.807, 2.05) is 30.4 Å². The summed E-state index contributed by atoms with van der Waals surface area (Å²) >= 11 is 0. The lowest BCUT2D eigenvalue weighted by Gasteiger charge is -2.29. The molecule has 0 aliphatic carbocycles. The Labute approximate surface area is 167 Å². The molecule has 5 nitrogen and oxygen atoms in total. The van der Waals surface area contributed by atoms with Crippen LogP contribution in [0.3, 0.4) is 0 Å². The van der Waals surface area contributed by atoms with Gasteiger partial charge in [-0.1, -0.05) is 67.6 Å². The zero-order valence-corrected chi connectivity index (χ0v) is 16.8. The van der Waals surface area contributed by atoms with Gasteiger partial charge in [0.2, 0.25) is 0 Å². The Morgan fingerprint density at radius 1 is 1.37 bits per heavy atom. The van der Waals surface area contributed by atoms with Gasteiger partial charge in [-0.2, -0.15) is 0 Å². The van der Waals surface area contributed by atoms with Crippen molar-refractivity contribution in [1.29, 1.82) is 0 Å². The van der Waals surface area contributed by atoms with Crippen molar-refractivity contribution in [3.63, 3.8) is 0 Å². The molecule has 1 amide bonds. The number of carboxylic acid groups (broad SMARTS) is 1. The van der Waals surface area contributed by atoms with Crippen molar-refractivity contribution in [1.82, 2.24) is 4.90 Å². The van der Waals surface area contributed by atoms with Crippen LogP contribution in [0.4, 0.5) is 4.79 Å². The van der Waals surface area contributed by atoms with Gasteiger partial charge >= 0.3 is 6.09 Å². The standard InChI is InChI=1S/C21H28N2O3.ClH/c1-17(2)11-12-19(18-8-4-3-5-9-18)16-22-26-15-13-20-10-6-7-14-23(20)21(24)25;/h3-6,8-10,12,16-17,20H,7,11,13-15H2,1-2H3,(H,24,25);1H. The van der Waals surface area contributed by atoms with Gasteiger partial charge in [-0.15, -0.1) is 12.4 Å². The van der Waals surface area contributed by atoms with Gasteiger partial charge in [0.05, 0.1) is 12.3 Å². The van der Waals surface area contributed by atoms with Crippen LogP contribution in [-0.4, -0.2) is 41.5 Å². The molecule has 0 fully saturated rings. The number of carbonyl (C=O) groups is 1. The molecule has 1 atom stereocenters. The molecular formula is C21H29ClN2O3. The van der Waals surface area contributed by atoms with E-state index in [0.29, 0.717) is 25.5 Å². The van der Waals surface area contributed by atoms with Crippen LogP contribution in [0.15, 0.2) is 53.7 Å². The molecule has 2 rings (SSSR count). The fourth-order valence-corrected chi connectivity index (χ4v) is 2.78. The van der Waals surface area contributed by atoms with Gasteiger partial charge in [0.25, 0.3) is 0 Å². The van der Waals surface area contributed by atoms with Gasteiger partial charge < -0.3 is 14.8 Å². The van der Waals surface area contributed by atoms with E-state index in [2.05, 4.69) is 37.2 Å². The van der Waals surface area contributed by atoms with E-state index in [1.165, 1.54) is 4.90 Å². The summed E-state index contributed by atoms with van der Waals surface area (Å²) < 4.78 is 0. The Morgan fingerprint density at radius 2 is 2.11 bits per heavy atom. The summed E-state index contributed by atoms with van der Waals surface area (Å²) in [6.07, 6.45) is 9.31. The largest absolute Gasteiger partial charge is 0.465 e. The smallest absolute Gasteiger partial charge is 0.407 e. The van der Waals surface area contributed by atoms with E-state index in [9.17, 15) is 9.90 Å². The van der Waals surface area contributed by atoms with Crippen LogP contribution in [0.25, 0.3) is 5.57 Å². The highest BCUT2D eigenvalue weighted by Crippen LogP contribution is 2.16. The summed E-state index contributed by atoms with van der Waals surface area (Å²) in [5.41, 5.74) is 2.14. The number of hydrogen-bond donors (Lipinski definition) is 1. The minimum absolute atomic E-state index is 0. The number of hydrogen-bond acceptors (Lipinski definition) is 3. The normalized spacial score (nSPS) is 17.2. The number of nitrogens with zero attached hydrogens (tertiary/aromatic N) is 2. The second-order valence-electron chi connectivity index (χ2n) is 6.77. The Morgan fingerprint density at radius 3 is 2.78 bits per heavy atom. The molecule has 0 aromatic heterocycles. The lowest BCUT2D eigenvalue weighted by molar-refractivity contribution is 0.102. The summed E-state index contributed by atoms with van der Waals surface area (Å²) in [4.78, 5) is 18.1. The van der Waals surface area contributed by atoms with Crippen molar-refractivity contribution >= 4 is 30.3 Å². The van der Waals surface area contributed by atoms with Crippen molar-refractivity contribution in [2.75, 3.05) is 13.2 Å². The molecular weight excluding hydrogens is 364 g/mol. The van der Waals surface area contributed by atoms with E-state index in [1.54, 1.807) is 6.21 Å². The number of amides is 1. The van der Waals surface area contributed by atoms with Crippen molar-refractivity contribution in [3.8, 4) is 0 Å². The van der Waals surface area contributed by atoms with E-state index >= 15 is 0 Å². The van der Waals surface area contributed by atoms with Gasteiger partial charge in [-0.05, 0) is 29.9 Å². The Balaban J connectivity index is 0.00000364. The average Bonchev–Trinajstić information content (AvgIpc) is 2.64. The van der Waals surface area contributed by atoms with Gasteiger partial charge in [0, 0.05) is 13.0 Å². The van der Waals surface area contributed by atoms with Crippen LogP contribution < -0.4 is 0 Å². The Kier molecular flexibility index (Phi) is 10.3. The number of rotatable bonds is 8. The predicted octanol–water partition coefficient (Wildman–Crippen LogP) is 5.24. The maximum atomic E-state index is 11.2. The van der Waals surface area contributed by atoms with E-state index in [0.717, 1.165) is 24.0 Å². The molecule has 1 aromatic rings. The summed E-state index contributed by atoms with van der Waals surface area (Å²) in [7, 11) is 0. The van der Waals surface area contributed by atoms with Crippen LogP contribution in [0.2, 0.25) is 0 Å².